The van der Waals surface area contributed by atoms with Gasteiger partial charge in [-0.15, -0.1) is 10.2 Å². The van der Waals surface area contributed by atoms with Crippen molar-refractivity contribution in [3.63, 3.8) is 0 Å². The number of fused-ring (bicyclic) bond motifs is 3. The molecule has 3 aromatic heterocycles. The summed E-state index contributed by atoms with van der Waals surface area (Å²) in [6.45, 7) is 1.95. The monoisotopic (exact) mass is 458 g/mol. The number of carbonyl (C=O) groups is 1. The number of hydrogen-bond acceptors (Lipinski definition) is 6. The largest absolute Gasteiger partial charge is 0.497 e. The van der Waals surface area contributed by atoms with E-state index >= 15 is 0 Å². The predicted molar refractivity (Wildman–Crippen MR) is 124 cm³/mol. The maximum Gasteiger partial charge on any atom is 0.299 e. The molecule has 0 spiro atoms. The van der Waals surface area contributed by atoms with Gasteiger partial charge in [-0.3, -0.25) is 15.0 Å². The van der Waals surface area contributed by atoms with Crippen molar-refractivity contribution in [1.29, 1.82) is 0 Å². The molecule has 9 nitrogen and oxygen atoms in total. The van der Waals surface area contributed by atoms with E-state index in [1.54, 1.807) is 47.0 Å². The number of rotatable bonds is 5. The minimum atomic E-state index is -0.550. The number of aryl methyl sites for hydroxylation is 1. The van der Waals surface area contributed by atoms with Crippen LogP contribution in [0.3, 0.4) is 0 Å². The Hall–Kier alpha value is -4.60. The van der Waals surface area contributed by atoms with Crippen molar-refractivity contribution in [1.82, 2.24) is 24.5 Å². The zero-order valence-corrected chi connectivity index (χ0v) is 18.3. The molecule has 0 radical (unpaired) electrons. The van der Waals surface area contributed by atoms with Crippen LogP contribution in [0.15, 0.2) is 65.6 Å². The van der Waals surface area contributed by atoms with Crippen LogP contribution in [0.4, 0.5) is 4.39 Å². The zero-order valence-electron chi connectivity index (χ0n) is 18.3. The Morgan fingerprint density at radius 2 is 1.79 bits per heavy atom. The van der Waals surface area contributed by atoms with Crippen LogP contribution in [0.5, 0.6) is 5.75 Å². The van der Waals surface area contributed by atoms with Gasteiger partial charge in [0.1, 0.15) is 17.1 Å². The molecule has 3 heterocycles. The number of nitrogens with one attached hydrogen (secondary N) is 1. The fourth-order valence-corrected chi connectivity index (χ4v) is 3.76. The van der Waals surface area contributed by atoms with E-state index in [1.165, 1.54) is 25.4 Å². The average molecular weight is 458 g/mol. The van der Waals surface area contributed by atoms with Crippen LogP contribution in [-0.2, 0) is 6.42 Å². The van der Waals surface area contributed by atoms with E-state index in [1.807, 2.05) is 6.92 Å². The van der Waals surface area contributed by atoms with Gasteiger partial charge in [-0.1, -0.05) is 19.1 Å². The van der Waals surface area contributed by atoms with Gasteiger partial charge in [0.25, 0.3) is 11.5 Å². The number of carbonyl (C=O) groups excluding carboxylic acids is 1. The lowest BCUT2D eigenvalue weighted by atomic mass is 10.0. The number of pyridine rings is 1. The van der Waals surface area contributed by atoms with Gasteiger partial charge in [0.05, 0.1) is 18.4 Å². The topological polar surface area (TPSA) is 103 Å². The summed E-state index contributed by atoms with van der Waals surface area (Å²) in [6, 6.07) is 14.2. The fourth-order valence-electron chi connectivity index (χ4n) is 3.76. The molecule has 0 aliphatic carbocycles. The van der Waals surface area contributed by atoms with Gasteiger partial charge in [-0.2, -0.15) is 5.10 Å². The van der Waals surface area contributed by atoms with Gasteiger partial charge in [0.2, 0.25) is 0 Å². The molecule has 5 rings (SSSR count). The van der Waals surface area contributed by atoms with Gasteiger partial charge in [-0.05, 0) is 54.4 Å². The third-order valence-corrected chi connectivity index (χ3v) is 5.49. The van der Waals surface area contributed by atoms with E-state index in [9.17, 15) is 14.0 Å². The van der Waals surface area contributed by atoms with Crippen LogP contribution in [0.1, 0.15) is 23.0 Å². The van der Waals surface area contributed by atoms with Crippen LogP contribution < -0.4 is 15.7 Å². The zero-order chi connectivity index (χ0) is 23.8. The summed E-state index contributed by atoms with van der Waals surface area (Å²) in [5.74, 6) is -0.194. The van der Waals surface area contributed by atoms with Crippen molar-refractivity contribution < 1.29 is 13.9 Å². The molecule has 1 N–H and O–H groups in total. The summed E-state index contributed by atoms with van der Waals surface area (Å²) in [7, 11) is 1.54. The van der Waals surface area contributed by atoms with Crippen molar-refractivity contribution in [3.8, 4) is 16.9 Å². The third-order valence-electron chi connectivity index (χ3n) is 5.49. The lowest BCUT2D eigenvalue weighted by Crippen LogP contribution is -2.33. The molecule has 0 unspecified atom stereocenters. The molecule has 2 aromatic carbocycles. The molecule has 0 atom stereocenters. The second-order valence-electron chi connectivity index (χ2n) is 7.51. The molecule has 5 aromatic rings. The second-order valence-corrected chi connectivity index (χ2v) is 7.51. The molecular formula is C24H19FN6O3. The van der Waals surface area contributed by atoms with E-state index in [4.69, 9.17) is 4.74 Å². The van der Waals surface area contributed by atoms with E-state index in [0.717, 1.165) is 21.5 Å². The number of nitrogens with zero attached hydrogens (tertiary/aromatic N) is 5. The minimum Gasteiger partial charge on any atom is -0.497 e. The van der Waals surface area contributed by atoms with Gasteiger partial charge in [0, 0.05) is 11.8 Å². The first kappa shape index (κ1) is 21.3. The standard InChI is InChI=1S/C24H19FN6O3/c1-3-18-20(14-4-8-16(25)9-5-14)22-27-26-21-19(31(22)28-18)12-13-30(24(21)33)29-23(32)15-6-10-17(34-2)11-7-15/h4-13H,3H2,1-2H3,(H,29,32). The molecule has 0 bridgehead atoms. The molecule has 0 aliphatic rings. The normalized spacial score (nSPS) is 11.1. The number of hydrogen-bond donors (Lipinski definition) is 1. The van der Waals surface area contributed by atoms with Crippen molar-refractivity contribution in [2.45, 2.75) is 13.3 Å². The Morgan fingerprint density at radius 3 is 2.47 bits per heavy atom. The molecule has 0 saturated carbocycles. The van der Waals surface area contributed by atoms with Gasteiger partial charge >= 0.3 is 0 Å². The molecule has 0 fully saturated rings. The Bertz CT molecular complexity index is 1590. The summed E-state index contributed by atoms with van der Waals surface area (Å²) in [4.78, 5) is 25.6. The molecule has 170 valence electrons. The number of halogens is 1. The highest BCUT2D eigenvalue weighted by atomic mass is 19.1. The summed E-state index contributed by atoms with van der Waals surface area (Å²) in [5, 5.41) is 13.0. The number of amides is 1. The summed E-state index contributed by atoms with van der Waals surface area (Å²) in [6.07, 6.45) is 2.05. The van der Waals surface area contributed by atoms with Crippen LogP contribution in [-0.4, -0.2) is 37.5 Å². The first-order chi connectivity index (χ1) is 16.5. The number of benzene rings is 2. The number of ether oxygens (including phenoxy) is 1. The minimum absolute atomic E-state index is 0.0424. The highest BCUT2D eigenvalue weighted by molar-refractivity contribution is 6.00. The van der Waals surface area contributed by atoms with Crippen molar-refractivity contribution in [3.05, 3.63) is 88.2 Å². The molecule has 10 heteroatoms. The van der Waals surface area contributed by atoms with E-state index < -0.39 is 11.5 Å². The van der Waals surface area contributed by atoms with Crippen molar-refractivity contribution in [2.75, 3.05) is 12.5 Å². The quantitative estimate of drug-likeness (QED) is 0.434. The van der Waals surface area contributed by atoms with E-state index in [-0.39, 0.29) is 11.3 Å². The highest BCUT2D eigenvalue weighted by Crippen LogP contribution is 2.29. The van der Waals surface area contributed by atoms with Gasteiger partial charge < -0.3 is 4.74 Å². The Balaban J connectivity index is 1.57. The summed E-state index contributed by atoms with van der Waals surface area (Å²) in [5.41, 5.74) is 5.52. The predicted octanol–water partition coefficient (Wildman–Crippen LogP) is 3.20. The average Bonchev–Trinajstić information content (AvgIpc) is 3.25. The lowest BCUT2D eigenvalue weighted by Gasteiger charge is -2.09. The molecule has 34 heavy (non-hydrogen) atoms. The third kappa shape index (κ3) is 3.54. The maximum atomic E-state index is 13.4. The van der Waals surface area contributed by atoms with E-state index in [2.05, 4.69) is 20.7 Å². The summed E-state index contributed by atoms with van der Waals surface area (Å²) >= 11 is 0. The maximum absolute atomic E-state index is 13.4. The molecule has 0 saturated heterocycles. The second kappa shape index (κ2) is 8.39. The molecule has 0 aliphatic heterocycles. The van der Waals surface area contributed by atoms with Crippen LogP contribution in [0.2, 0.25) is 0 Å². The SMILES string of the molecule is CCc1nn2c(nnc3c(=O)n(NC(=O)c4ccc(OC)cc4)ccc32)c1-c1ccc(F)cc1. The summed E-state index contributed by atoms with van der Waals surface area (Å²) < 4.78 is 21.1. The van der Waals surface area contributed by atoms with Gasteiger partial charge in [0.15, 0.2) is 11.2 Å². The van der Waals surface area contributed by atoms with Crippen molar-refractivity contribution >= 4 is 22.6 Å². The van der Waals surface area contributed by atoms with Crippen LogP contribution in [0.25, 0.3) is 27.8 Å². The number of methoxy groups -OCH3 is 1. The lowest BCUT2D eigenvalue weighted by molar-refractivity contribution is 0.101. The number of aromatic nitrogens is 5. The Labute approximate surface area is 192 Å². The van der Waals surface area contributed by atoms with Crippen molar-refractivity contribution in [2.24, 2.45) is 0 Å². The smallest absolute Gasteiger partial charge is 0.299 e. The van der Waals surface area contributed by atoms with Gasteiger partial charge in [-0.25, -0.2) is 13.6 Å². The van der Waals surface area contributed by atoms with Crippen LogP contribution in [0, 0.1) is 5.82 Å². The van der Waals surface area contributed by atoms with Crippen LogP contribution >= 0.6 is 0 Å². The van der Waals surface area contributed by atoms with E-state index in [0.29, 0.717) is 28.9 Å². The molecule has 1 amide bonds. The first-order valence-electron chi connectivity index (χ1n) is 10.5. The Morgan fingerprint density at radius 1 is 1.06 bits per heavy atom. The molecular weight excluding hydrogens is 439 g/mol. The first-order valence-corrected chi connectivity index (χ1v) is 10.5. The highest BCUT2D eigenvalue weighted by Gasteiger charge is 2.19. The Kier molecular flexibility index (Phi) is 5.25. The fraction of sp³-hybridized carbons (Fsp3) is 0.125.